The quantitative estimate of drug-likeness (QED) is 0.912. The van der Waals surface area contributed by atoms with Crippen LogP contribution in [0.15, 0.2) is 34.9 Å². The molecule has 4 heteroatoms. The third-order valence-electron chi connectivity index (χ3n) is 3.25. The topological polar surface area (TPSA) is 64.9 Å². The van der Waals surface area contributed by atoms with Gasteiger partial charge in [-0.15, -0.1) is 0 Å². The summed E-state index contributed by atoms with van der Waals surface area (Å²) in [5.41, 5.74) is 16.7. The van der Waals surface area contributed by atoms with Gasteiger partial charge >= 0.3 is 0 Å². The van der Waals surface area contributed by atoms with Crippen LogP contribution in [0.2, 0.25) is 0 Å². The van der Waals surface area contributed by atoms with Gasteiger partial charge in [-0.05, 0) is 48.6 Å². The fraction of sp³-hybridized carbons (Fsp3) is 0.267. The van der Waals surface area contributed by atoms with Crippen LogP contribution in [-0.2, 0) is 6.42 Å². The van der Waals surface area contributed by atoms with Crippen LogP contribution < -0.4 is 11.5 Å². The van der Waals surface area contributed by atoms with E-state index in [4.69, 9.17) is 11.5 Å². The van der Waals surface area contributed by atoms with E-state index < -0.39 is 0 Å². The molecule has 1 heterocycles. The first-order valence-corrected chi connectivity index (χ1v) is 7.00. The minimum absolute atomic E-state index is 0.0722. The maximum absolute atomic E-state index is 6.29. The fourth-order valence-corrected chi connectivity index (χ4v) is 2.40. The van der Waals surface area contributed by atoms with Crippen LogP contribution >= 0.6 is 15.9 Å². The van der Waals surface area contributed by atoms with Crippen molar-refractivity contribution in [3.63, 3.8) is 0 Å². The molecule has 1 atom stereocenters. The van der Waals surface area contributed by atoms with Crippen LogP contribution in [0.1, 0.15) is 28.3 Å². The molecule has 0 aliphatic rings. The molecule has 0 amide bonds. The van der Waals surface area contributed by atoms with Crippen LogP contribution in [0.3, 0.4) is 0 Å². The number of anilines is 1. The maximum atomic E-state index is 6.29. The average molecular weight is 320 g/mol. The second-order valence-electron chi connectivity index (χ2n) is 4.83. The van der Waals surface area contributed by atoms with Gasteiger partial charge in [0.15, 0.2) is 0 Å². The molecule has 0 aliphatic heterocycles. The number of pyridine rings is 1. The Kier molecular flexibility index (Phi) is 4.22. The molecular weight excluding hydrogens is 302 g/mol. The van der Waals surface area contributed by atoms with Crippen molar-refractivity contribution in [1.82, 2.24) is 4.98 Å². The minimum atomic E-state index is -0.0722. The molecule has 0 saturated heterocycles. The van der Waals surface area contributed by atoms with Crippen molar-refractivity contribution in [2.24, 2.45) is 5.73 Å². The number of hydrogen-bond donors (Lipinski definition) is 2. The fourth-order valence-electron chi connectivity index (χ4n) is 2.17. The Hall–Kier alpha value is -1.39. The second-order valence-corrected chi connectivity index (χ2v) is 5.62. The zero-order chi connectivity index (χ0) is 14.0. The van der Waals surface area contributed by atoms with Gasteiger partial charge in [-0.3, -0.25) is 0 Å². The summed E-state index contributed by atoms with van der Waals surface area (Å²) >= 11 is 3.57. The number of nitrogens with two attached hydrogens (primary N) is 2. The molecule has 4 N–H and O–H groups in total. The number of nitrogen functional groups attached to an aromatic ring is 1. The van der Waals surface area contributed by atoms with Gasteiger partial charge in [-0.2, -0.15) is 0 Å². The predicted octanol–water partition coefficient (Wildman–Crippen LogP) is 3.29. The summed E-state index contributed by atoms with van der Waals surface area (Å²) in [6.07, 6.45) is 2.39. The normalized spacial score (nSPS) is 12.4. The molecule has 19 heavy (non-hydrogen) atoms. The summed E-state index contributed by atoms with van der Waals surface area (Å²) in [5, 5.41) is 0. The van der Waals surface area contributed by atoms with Crippen molar-refractivity contribution in [2.45, 2.75) is 26.3 Å². The van der Waals surface area contributed by atoms with Gasteiger partial charge < -0.3 is 11.5 Å². The van der Waals surface area contributed by atoms with Crippen LogP contribution in [0.4, 0.5) is 5.82 Å². The molecule has 3 nitrogen and oxygen atoms in total. The first-order valence-electron chi connectivity index (χ1n) is 6.20. The SMILES string of the molecule is Cc1cc(C(N)Cc2cccnc2N)cc(C)c1Br. The van der Waals surface area contributed by atoms with E-state index in [9.17, 15) is 0 Å². The number of halogens is 1. The lowest BCUT2D eigenvalue weighted by molar-refractivity contribution is 0.719. The van der Waals surface area contributed by atoms with E-state index in [1.165, 1.54) is 11.1 Å². The Labute approximate surface area is 122 Å². The number of nitrogens with zero attached hydrogens (tertiary/aromatic N) is 1. The number of aryl methyl sites for hydroxylation is 2. The molecule has 100 valence electrons. The van der Waals surface area contributed by atoms with E-state index in [2.05, 4.69) is 46.9 Å². The smallest absolute Gasteiger partial charge is 0.126 e. The molecule has 2 aromatic rings. The van der Waals surface area contributed by atoms with E-state index in [1.54, 1.807) is 6.20 Å². The van der Waals surface area contributed by atoms with Crippen molar-refractivity contribution >= 4 is 21.7 Å². The Morgan fingerprint density at radius 2 is 1.89 bits per heavy atom. The highest BCUT2D eigenvalue weighted by molar-refractivity contribution is 9.10. The van der Waals surface area contributed by atoms with Crippen molar-refractivity contribution in [2.75, 3.05) is 5.73 Å². The van der Waals surface area contributed by atoms with Crippen LogP contribution in [0, 0.1) is 13.8 Å². The highest BCUT2D eigenvalue weighted by Gasteiger charge is 2.12. The molecule has 1 aromatic carbocycles. The minimum Gasteiger partial charge on any atom is -0.383 e. The summed E-state index contributed by atoms with van der Waals surface area (Å²) in [5.74, 6) is 0.559. The second kappa shape index (κ2) is 5.72. The Bertz CT molecular complexity index is 573. The standard InChI is InChI=1S/C15H18BrN3/c1-9-6-12(7-10(2)14(9)16)13(17)8-11-4-3-5-19-15(11)18/h3-7,13H,8,17H2,1-2H3,(H2,18,19). The van der Waals surface area contributed by atoms with Gasteiger partial charge in [0, 0.05) is 16.7 Å². The maximum Gasteiger partial charge on any atom is 0.126 e. The van der Waals surface area contributed by atoms with Crippen LogP contribution in [-0.4, -0.2) is 4.98 Å². The molecule has 0 saturated carbocycles. The number of aromatic nitrogens is 1. The van der Waals surface area contributed by atoms with Gasteiger partial charge in [0.05, 0.1) is 0 Å². The molecular formula is C15H18BrN3. The van der Waals surface area contributed by atoms with Crippen molar-refractivity contribution in [3.05, 3.63) is 57.2 Å². The first-order chi connectivity index (χ1) is 8.99. The van der Waals surface area contributed by atoms with Gasteiger partial charge in [0.2, 0.25) is 0 Å². The van der Waals surface area contributed by atoms with E-state index in [0.717, 1.165) is 15.6 Å². The Morgan fingerprint density at radius 3 is 2.47 bits per heavy atom. The molecule has 0 radical (unpaired) electrons. The lowest BCUT2D eigenvalue weighted by atomic mass is 9.97. The summed E-state index contributed by atoms with van der Waals surface area (Å²) in [6.45, 7) is 4.15. The number of benzene rings is 1. The summed E-state index contributed by atoms with van der Waals surface area (Å²) < 4.78 is 1.14. The summed E-state index contributed by atoms with van der Waals surface area (Å²) in [6, 6.07) is 8.02. The number of rotatable bonds is 3. The molecule has 2 rings (SSSR count). The highest BCUT2D eigenvalue weighted by Crippen LogP contribution is 2.26. The monoisotopic (exact) mass is 319 g/mol. The van der Waals surface area contributed by atoms with Crippen LogP contribution in [0.25, 0.3) is 0 Å². The van der Waals surface area contributed by atoms with Gasteiger partial charge in [0.25, 0.3) is 0 Å². The van der Waals surface area contributed by atoms with Gasteiger partial charge in [0.1, 0.15) is 5.82 Å². The molecule has 0 fully saturated rings. The largest absolute Gasteiger partial charge is 0.383 e. The van der Waals surface area contributed by atoms with Crippen molar-refractivity contribution in [3.8, 4) is 0 Å². The van der Waals surface area contributed by atoms with E-state index in [0.29, 0.717) is 12.2 Å². The molecule has 1 aromatic heterocycles. The van der Waals surface area contributed by atoms with Gasteiger partial charge in [-0.25, -0.2) is 4.98 Å². The molecule has 1 unspecified atom stereocenters. The Morgan fingerprint density at radius 1 is 1.26 bits per heavy atom. The predicted molar refractivity (Wildman–Crippen MR) is 82.9 cm³/mol. The Balaban J connectivity index is 2.26. The third-order valence-corrected chi connectivity index (χ3v) is 4.50. The van der Waals surface area contributed by atoms with Crippen LogP contribution in [0.5, 0.6) is 0 Å². The average Bonchev–Trinajstić information content (AvgIpc) is 2.38. The van der Waals surface area contributed by atoms with Crippen molar-refractivity contribution < 1.29 is 0 Å². The first kappa shape index (κ1) is 14.0. The molecule has 0 spiro atoms. The third kappa shape index (κ3) is 3.14. The lowest BCUT2D eigenvalue weighted by Gasteiger charge is -2.16. The highest BCUT2D eigenvalue weighted by atomic mass is 79.9. The number of hydrogen-bond acceptors (Lipinski definition) is 3. The van der Waals surface area contributed by atoms with Crippen molar-refractivity contribution in [1.29, 1.82) is 0 Å². The van der Waals surface area contributed by atoms with E-state index in [-0.39, 0.29) is 6.04 Å². The zero-order valence-electron chi connectivity index (χ0n) is 11.2. The van der Waals surface area contributed by atoms with Gasteiger partial charge in [-0.1, -0.05) is 34.1 Å². The summed E-state index contributed by atoms with van der Waals surface area (Å²) in [4.78, 5) is 4.09. The lowest BCUT2D eigenvalue weighted by Crippen LogP contribution is -2.15. The summed E-state index contributed by atoms with van der Waals surface area (Å²) in [7, 11) is 0. The van der Waals surface area contributed by atoms with E-state index >= 15 is 0 Å². The zero-order valence-corrected chi connectivity index (χ0v) is 12.7. The molecule has 0 aliphatic carbocycles. The van der Waals surface area contributed by atoms with E-state index in [1.807, 2.05) is 12.1 Å². The molecule has 0 bridgehead atoms.